The molecule has 0 amide bonds. The van der Waals surface area contributed by atoms with Crippen LogP contribution in [-0.2, 0) is 29.2 Å². The van der Waals surface area contributed by atoms with E-state index in [1.165, 1.54) is 30.3 Å². The van der Waals surface area contributed by atoms with E-state index < -0.39 is 39.9 Å². The lowest BCUT2D eigenvalue weighted by molar-refractivity contribution is -0.255. The summed E-state index contributed by atoms with van der Waals surface area (Å²) >= 11 is 5.50. The predicted octanol–water partition coefficient (Wildman–Crippen LogP) is 5.25. The second-order valence-corrected chi connectivity index (χ2v) is 17.3. The number of fused-ring (bicyclic) bond motifs is 1. The van der Waals surface area contributed by atoms with Gasteiger partial charge < -0.3 is 33.4 Å². The zero-order valence-corrected chi connectivity index (χ0v) is 33.6. The fraction of sp³-hybridized carbons (Fsp3) is 0.400. The van der Waals surface area contributed by atoms with E-state index in [0.717, 1.165) is 36.8 Å². The summed E-state index contributed by atoms with van der Waals surface area (Å²) in [7, 11) is -4.66. The molecule has 0 radical (unpaired) electrons. The molecule has 0 N–H and O–H groups in total. The van der Waals surface area contributed by atoms with Crippen LogP contribution in [0.3, 0.4) is 0 Å². The average molecular weight is 1040 g/mol. The second-order valence-electron chi connectivity index (χ2n) is 12.5. The molecule has 3 aromatic carbocycles. The minimum Gasteiger partial charge on any atom is -0.744 e. The van der Waals surface area contributed by atoms with E-state index in [1.54, 1.807) is 45.2 Å². The highest BCUT2D eigenvalue weighted by molar-refractivity contribution is 14.1. The lowest BCUT2D eigenvalue weighted by atomic mass is 9.46. The first-order valence-electron chi connectivity index (χ1n) is 16.0. The molecular formula is C35H31I3O11S-2. The number of ether oxygens (including phenoxy) is 4. The number of rotatable bonds is 12. The molecule has 3 aromatic rings. The molecule has 7 rings (SSSR count). The van der Waals surface area contributed by atoms with Crippen molar-refractivity contribution in [2.24, 2.45) is 23.7 Å². The van der Waals surface area contributed by atoms with Gasteiger partial charge in [-0.2, -0.15) is 0 Å². The molecule has 0 saturated heterocycles. The van der Waals surface area contributed by atoms with Crippen molar-refractivity contribution in [3.63, 3.8) is 0 Å². The molecular weight excluding hydrogens is 1010 g/mol. The van der Waals surface area contributed by atoms with Gasteiger partial charge in [-0.15, -0.1) is 0 Å². The topological polar surface area (TPSA) is 168 Å². The van der Waals surface area contributed by atoms with E-state index in [-0.39, 0.29) is 67.7 Å². The highest BCUT2D eigenvalue weighted by Gasteiger charge is 2.61. The van der Waals surface area contributed by atoms with Gasteiger partial charge in [-0.05, 0) is 139 Å². The standard InChI is InChI=1S/C35H33I3O11S/c36-24-15-18(33(39)40)9-10-27(24)47-12-14-49-35(42)31-29-22-7-3-1-5-20(22)28(21-6-2-4-8-23(21)29)30(31)34(41)48-13-11-46-19-16-25(37)32(26(38)17-19)50(43,44)45/h1,3,5,7,9-10,15-17,21,23,28-31H,2,4,6,8,11-14H2,(H,39,40)(H,43,44,45)/p-2. The number of carboxylic acid groups (broad SMARTS) is 1. The molecule has 266 valence electrons. The molecule has 0 heterocycles. The number of carbonyl (C=O) groups is 3. The van der Waals surface area contributed by atoms with Crippen LogP contribution in [0.25, 0.3) is 0 Å². The van der Waals surface area contributed by atoms with Gasteiger partial charge in [0.2, 0.25) is 0 Å². The zero-order valence-electron chi connectivity index (χ0n) is 26.3. The maximum absolute atomic E-state index is 14.0. The highest BCUT2D eigenvalue weighted by Crippen LogP contribution is 2.64. The van der Waals surface area contributed by atoms with Gasteiger partial charge in [-0.3, -0.25) is 9.59 Å². The number of hydrogen-bond acceptors (Lipinski definition) is 11. The summed E-state index contributed by atoms with van der Waals surface area (Å²) in [4.78, 5) is 38.9. The molecule has 6 atom stereocenters. The Morgan fingerprint density at radius 1 is 0.720 bits per heavy atom. The molecule has 0 spiro atoms. The van der Waals surface area contributed by atoms with E-state index in [9.17, 15) is 32.5 Å². The normalized spacial score (nSPS) is 23.7. The molecule has 4 aliphatic rings. The monoisotopic (exact) mass is 1040 g/mol. The van der Waals surface area contributed by atoms with Crippen molar-refractivity contribution in [3.05, 3.63) is 82.0 Å². The summed E-state index contributed by atoms with van der Waals surface area (Å²) in [6, 6.07) is 15.3. The fourth-order valence-electron chi connectivity index (χ4n) is 8.00. The molecule has 50 heavy (non-hydrogen) atoms. The van der Waals surface area contributed by atoms with E-state index in [1.807, 2.05) is 34.7 Å². The lowest BCUT2D eigenvalue weighted by Crippen LogP contribution is -2.55. The first-order valence-corrected chi connectivity index (χ1v) is 20.6. The Hall–Kier alpha value is -2.23. The number of benzene rings is 3. The minimum absolute atomic E-state index is 0.0277. The van der Waals surface area contributed by atoms with Crippen LogP contribution in [0, 0.1) is 34.4 Å². The molecule has 2 saturated carbocycles. The fourth-order valence-corrected chi connectivity index (χ4v) is 12.6. The van der Waals surface area contributed by atoms with Crippen molar-refractivity contribution >= 4 is 95.8 Å². The van der Waals surface area contributed by atoms with Crippen molar-refractivity contribution in [2.75, 3.05) is 26.4 Å². The predicted molar refractivity (Wildman–Crippen MR) is 201 cm³/mol. The van der Waals surface area contributed by atoms with Crippen LogP contribution < -0.4 is 14.6 Å². The third-order valence-corrected chi connectivity index (χ3v) is 14.0. The van der Waals surface area contributed by atoms with Crippen molar-refractivity contribution in [3.8, 4) is 11.5 Å². The molecule has 6 unspecified atom stereocenters. The van der Waals surface area contributed by atoms with Crippen molar-refractivity contribution in [1.29, 1.82) is 0 Å². The summed E-state index contributed by atoms with van der Waals surface area (Å²) in [6.45, 7) is -0.176. The maximum Gasteiger partial charge on any atom is 0.310 e. The molecule has 0 aromatic heterocycles. The molecule has 11 nitrogen and oxygen atoms in total. The second kappa shape index (κ2) is 15.8. The molecule has 4 aliphatic carbocycles. The Kier molecular flexibility index (Phi) is 11.9. The van der Waals surface area contributed by atoms with Gasteiger partial charge in [0, 0.05) is 19.0 Å². The summed E-state index contributed by atoms with van der Waals surface area (Å²) < 4.78 is 59.0. The van der Waals surface area contributed by atoms with Gasteiger partial charge in [0.05, 0.1) is 26.3 Å². The summed E-state index contributed by atoms with van der Waals surface area (Å²) in [5, 5.41) is 11.2. The maximum atomic E-state index is 14.0. The molecule has 2 bridgehead atoms. The number of carbonyl (C=O) groups excluding carboxylic acids is 3. The third-order valence-electron chi connectivity index (χ3n) is 9.79. The van der Waals surface area contributed by atoms with Crippen LogP contribution in [0.1, 0.15) is 59.0 Å². The van der Waals surface area contributed by atoms with Gasteiger partial charge >= 0.3 is 11.9 Å². The van der Waals surface area contributed by atoms with E-state index in [4.69, 9.17) is 18.9 Å². The summed E-state index contributed by atoms with van der Waals surface area (Å²) in [5.74, 6) is -2.97. The minimum atomic E-state index is -4.66. The zero-order chi connectivity index (χ0) is 35.7. The summed E-state index contributed by atoms with van der Waals surface area (Å²) in [6.07, 6.45) is 4.04. The number of halogens is 3. The lowest BCUT2D eigenvalue weighted by Gasteiger charge is -2.57. The van der Waals surface area contributed by atoms with Gasteiger partial charge in [0.1, 0.15) is 48.0 Å². The quantitative estimate of drug-likeness (QED) is 0.101. The Morgan fingerprint density at radius 2 is 1.24 bits per heavy atom. The number of esters is 2. The van der Waals surface area contributed by atoms with Crippen LogP contribution >= 0.6 is 67.8 Å². The molecule has 2 fully saturated rings. The smallest absolute Gasteiger partial charge is 0.310 e. The van der Waals surface area contributed by atoms with Gasteiger partial charge in [0.25, 0.3) is 0 Å². The van der Waals surface area contributed by atoms with E-state index in [2.05, 4.69) is 12.1 Å². The number of carboxylic acids is 1. The number of aromatic carboxylic acids is 1. The first kappa shape index (κ1) is 37.5. The Labute approximate surface area is 330 Å². The Balaban J connectivity index is 1.17. The van der Waals surface area contributed by atoms with E-state index >= 15 is 0 Å². The SMILES string of the molecule is O=C([O-])c1ccc(OCCOC(=O)C2C(C(=O)OCCOc3cc(I)c(S(=O)(=O)[O-])c(I)c3)C3c4ccccc4C2C2CCCCC23)c(I)c1. The Morgan fingerprint density at radius 3 is 1.72 bits per heavy atom. The van der Waals surface area contributed by atoms with Crippen molar-refractivity contribution in [2.45, 2.75) is 42.4 Å². The van der Waals surface area contributed by atoms with Gasteiger partial charge in [-0.1, -0.05) is 37.1 Å². The van der Waals surface area contributed by atoms with Crippen LogP contribution in [0.5, 0.6) is 11.5 Å². The van der Waals surface area contributed by atoms with Gasteiger partial charge in [0.15, 0.2) is 0 Å². The van der Waals surface area contributed by atoms with Crippen LogP contribution in [0.2, 0.25) is 0 Å². The molecule has 0 aliphatic heterocycles. The highest BCUT2D eigenvalue weighted by atomic mass is 127. The van der Waals surface area contributed by atoms with Crippen LogP contribution in [0.15, 0.2) is 59.5 Å². The number of hydrogen-bond donors (Lipinski definition) is 0. The van der Waals surface area contributed by atoms with Crippen molar-refractivity contribution in [1.82, 2.24) is 0 Å². The Bertz CT molecular complexity index is 1890. The third kappa shape index (κ3) is 7.75. The summed E-state index contributed by atoms with van der Waals surface area (Å²) in [5.41, 5.74) is 2.20. The average Bonchev–Trinajstić information content (AvgIpc) is 3.07. The van der Waals surface area contributed by atoms with Crippen LogP contribution in [0.4, 0.5) is 0 Å². The molecule has 15 heteroatoms. The van der Waals surface area contributed by atoms with Crippen LogP contribution in [-0.4, -0.2) is 57.3 Å². The largest absolute Gasteiger partial charge is 0.744 e. The van der Waals surface area contributed by atoms with Crippen molar-refractivity contribution < 1.29 is 51.4 Å². The van der Waals surface area contributed by atoms with E-state index in [0.29, 0.717) is 15.1 Å². The van der Waals surface area contributed by atoms with Gasteiger partial charge in [-0.25, -0.2) is 8.42 Å². The first-order chi connectivity index (χ1) is 23.9.